The molecule has 15 heavy (non-hydrogen) atoms. The molecule has 0 radical (unpaired) electrons. The predicted octanol–water partition coefficient (Wildman–Crippen LogP) is -0.949. The Morgan fingerprint density at radius 1 is 1.60 bits per heavy atom. The monoisotopic (exact) mass is 212 g/mol. The van der Waals surface area contributed by atoms with Crippen LogP contribution in [0, 0.1) is 10.1 Å². The number of aliphatic hydroxyl groups is 1. The molecule has 2 aromatic rings. The van der Waals surface area contributed by atoms with Crippen molar-refractivity contribution in [1.29, 1.82) is 0 Å². The molecular weight excluding hydrogens is 208 g/mol. The van der Waals surface area contributed by atoms with Crippen molar-refractivity contribution in [3.63, 3.8) is 0 Å². The topological polar surface area (TPSA) is 133 Å². The average molecular weight is 212 g/mol. The van der Waals surface area contributed by atoms with E-state index in [1.54, 1.807) is 0 Å². The molecule has 78 valence electrons. The molecule has 0 saturated carbocycles. The summed E-state index contributed by atoms with van der Waals surface area (Å²) in [6.07, 6.45) is 1.25. The molecule has 0 unspecified atom stereocenters. The molecule has 0 aliphatic rings. The lowest BCUT2D eigenvalue weighted by atomic mass is 10.5. The van der Waals surface area contributed by atoms with Crippen molar-refractivity contribution in [2.75, 3.05) is 0 Å². The second kappa shape index (κ2) is 3.42. The number of nitrogens with zero attached hydrogens (tertiary/aromatic N) is 6. The number of hydrogen-bond acceptors (Lipinski definition) is 8. The lowest BCUT2D eigenvalue weighted by molar-refractivity contribution is -0.390. The lowest BCUT2D eigenvalue weighted by Crippen LogP contribution is -2.05. The SMILES string of the molecule is O=[N+]([O-])c1nonc1-n1nncc1CO. The molecule has 0 saturated heterocycles. The van der Waals surface area contributed by atoms with Gasteiger partial charge < -0.3 is 15.2 Å². The maximum Gasteiger partial charge on any atom is 0.461 e. The Kier molecular flexibility index (Phi) is 2.10. The van der Waals surface area contributed by atoms with Crippen LogP contribution < -0.4 is 0 Å². The molecule has 0 atom stereocenters. The minimum atomic E-state index is -0.769. The first-order valence-electron chi connectivity index (χ1n) is 3.71. The zero-order valence-electron chi connectivity index (χ0n) is 7.14. The van der Waals surface area contributed by atoms with Gasteiger partial charge in [-0.2, -0.15) is 4.68 Å². The van der Waals surface area contributed by atoms with E-state index in [1.165, 1.54) is 6.20 Å². The molecule has 0 fully saturated rings. The summed E-state index contributed by atoms with van der Waals surface area (Å²) < 4.78 is 5.20. The molecule has 0 aromatic carbocycles. The number of rotatable bonds is 3. The van der Waals surface area contributed by atoms with Gasteiger partial charge in [-0.05, 0) is 4.92 Å². The Morgan fingerprint density at radius 2 is 2.40 bits per heavy atom. The van der Waals surface area contributed by atoms with Crippen LogP contribution in [0.5, 0.6) is 0 Å². The quantitative estimate of drug-likeness (QED) is 0.508. The zero-order valence-corrected chi connectivity index (χ0v) is 7.14. The minimum absolute atomic E-state index is 0.221. The molecular formula is C5H4N6O4. The van der Waals surface area contributed by atoms with Crippen molar-refractivity contribution in [2.45, 2.75) is 6.61 Å². The summed E-state index contributed by atoms with van der Waals surface area (Å²) in [6.45, 7) is -0.378. The van der Waals surface area contributed by atoms with Crippen molar-refractivity contribution < 1.29 is 14.7 Å². The minimum Gasteiger partial charge on any atom is -0.390 e. The first kappa shape index (κ1) is 9.21. The van der Waals surface area contributed by atoms with E-state index in [2.05, 4.69) is 25.3 Å². The molecule has 2 aromatic heterocycles. The number of aliphatic hydroxyl groups excluding tert-OH is 1. The van der Waals surface area contributed by atoms with Crippen molar-refractivity contribution in [1.82, 2.24) is 25.3 Å². The van der Waals surface area contributed by atoms with E-state index in [9.17, 15) is 10.1 Å². The van der Waals surface area contributed by atoms with E-state index < -0.39 is 10.7 Å². The number of aromatic nitrogens is 5. The van der Waals surface area contributed by atoms with Crippen molar-refractivity contribution in [2.24, 2.45) is 0 Å². The second-order valence-electron chi connectivity index (χ2n) is 2.46. The summed E-state index contributed by atoms with van der Waals surface area (Å²) in [4.78, 5) is 9.73. The van der Waals surface area contributed by atoms with Crippen LogP contribution in [0.2, 0.25) is 0 Å². The first-order valence-corrected chi connectivity index (χ1v) is 3.71. The summed E-state index contributed by atoms with van der Waals surface area (Å²) in [7, 11) is 0. The summed E-state index contributed by atoms with van der Waals surface area (Å²) >= 11 is 0. The van der Waals surface area contributed by atoms with Crippen LogP contribution in [0.1, 0.15) is 5.69 Å². The molecule has 2 rings (SSSR count). The third-order valence-electron chi connectivity index (χ3n) is 1.61. The van der Waals surface area contributed by atoms with Crippen molar-refractivity contribution >= 4 is 5.82 Å². The molecule has 0 spiro atoms. The van der Waals surface area contributed by atoms with Crippen LogP contribution in [0.15, 0.2) is 10.8 Å². The summed E-state index contributed by atoms with van der Waals surface area (Å²) in [5, 5.41) is 32.8. The van der Waals surface area contributed by atoms with Gasteiger partial charge in [0.1, 0.15) is 0 Å². The summed E-state index contributed by atoms with van der Waals surface area (Å²) in [5.74, 6) is -0.809. The van der Waals surface area contributed by atoms with E-state index in [4.69, 9.17) is 5.11 Å². The fourth-order valence-electron chi connectivity index (χ4n) is 0.970. The van der Waals surface area contributed by atoms with Crippen LogP contribution in [-0.2, 0) is 6.61 Å². The molecule has 2 heterocycles. The van der Waals surface area contributed by atoms with Crippen LogP contribution in [-0.4, -0.2) is 35.3 Å². The highest BCUT2D eigenvalue weighted by atomic mass is 16.6. The zero-order chi connectivity index (χ0) is 10.8. The van der Waals surface area contributed by atoms with Gasteiger partial charge in [0.05, 0.1) is 18.5 Å². The van der Waals surface area contributed by atoms with Gasteiger partial charge in [0.15, 0.2) is 5.16 Å². The summed E-state index contributed by atoms with van der Waals surface area (Å²) in [5.41, 5.74) is 0.244. The predicted molar refractivity (Wildman–Crippen MR) is 41.8 cm³/mol. The van der Waals surface area contributed by atoms with Gasteiger partial charge in [0, 0.05) is 5.16 Å². The smallest absolute Gasteiger partial charge is 0.390 e. The Bertz CT molecular complexity index is 489. The maximum absolute atomic E-state index is 10.5. The Balaban J connectivity index is 2.54. The fourth-order valence-corrected chi connectivity index (χ4v) is 0.970. The molecule has 0 bridgehead atoms. The molecule has 10 heteroatoms. The molecule has 0 amide bonds. The Labute approximate surface area is 81.2 Å². The van der Waals surface area contributed by atoms with E-state index >= 15 is 0 Å². The van der Waals surface area contributed by atoms with Crippen LogP contribution in [0.3, 0.4) is 0 Å². The average Bonchev–Trinajstić information content (AvgIpc) is 2.85. The Morgan fingerprint density at radius 3 is 3.07 bits per heavy atom. The van der Waals surface area contributed by atoms with Gasteiger partial charge in [-0.25, -0.2) is 0 Å². The van der Waals surface area contributed by atoms with Gasteiger partial charge >= 0.3 is 11.6 Å². The number of hydrogen-bond donors (Lipinski definition) is 1. The molecule has 10 nitrogen and oxygen atoms in total. The van der Waals surface area contributed by atoms with Gasteiger partial charge in [-0.15, -0.1) is 9.73 Å². The van der Waals surface area contributed by atoms with E-state index in [0.717, 1.165) is 4.68 Å². The van der Waals surface area contributed by atoms with Gasteiger partial charge in [-0.3, -0.25) is 0 Å². The van der Waals surface area contributed by atoms with E-state index in [0.29, 0.717) is 0 Å². The highest BCUT2D eigenvalue weighted by Gasteiger charge is 2.26. The Hall–Kier alpha value is -2.36. The third kappa shape index (κ3) is 1.42. The maximum atomic E-state index is 10.5. The third-order valence-corrected chi connectivity index (χ3v) is 1.61. The normalized spacial score (nSPS) is 10.5. The van der Waals surface area contributed by atoms with Crippen LogP contribution in [0.4, 0.5) is 5.82 Å². The van der Waals surface area contributed by atoms with Crippen molar-refractivity contribution in [3.8, 4) is 5.82 Å². The highest BCUT2D eigenvalue weighted by Crippen LogP contribution is 2.17. The van der Waals surface area contributed by atoms with Crippen molar-refractivity contribution in [3.05, 3.63) is 22.0 Å². The largest absolute Gasteiger partial charge is 0.461 e. The lowest BCUT2D eigenvalue weighted by Gasteiger charge is -1.96. The fraction of sp³-hybridized carbons (Fsp3) is 0.200. The van der Waals surface area contributed by atoms with E-state index in [-0.39, 0.29) is 18.1 Å². The summed E-state index contributed by atoms with van der Waals surface area (Å²) in [6, 6.07) is 0. The second-order valence-corrected chi connectivity index (χ2v) is 2.46. The van der Waals surface area contributed by atoms with Crippen LogP contribution in [0.25, 0.3) is 5.82 Å². The number of nitro groups is 1. The molecule has 1 N–H and O–H groups in total. The first-order chi connectivity index (χ1) is 7.24. The van der Waals surface area contributed by atoms with Gasteiger partial charge in [-0.1, -0.05) is 5.21 Å². The van der Waals surface area contributed by atoms with E-state index in [1.807, 2.05) is 0 Å². The molecule has 0 aliphatic carbocycles. The standard InChI is InChI=1S/C5H4N6O4/c12-2-3-1-6-9-10(3)4-5(11(13)14)8-15-7-4/h1,12H,2H2. The van der Waals surface area contributed by atoms with Gasteiger partial charge in [0.2, 0.25) is 0 Å². The highest BCUT2D eigenvalue weighted by molar-refractivity contribution is 5.37. The van der Waals surface area contributed by atoms with Crippen LogP contribution >= 0.6 is 0 Å². The molecule has 0 aliphatic heterocycles. The van der Waals surface area contributed by atoms with Gasteiger partial charge in [0.25, 0.3) is 0 Å².